The maximum atomic E-state index is 12.4. The number of nitrogens with one attached hydrogen (secondary N) is 1. The number of nitrogens with zero attached hydrogens (tertiary/aromatic N) is 3. The Labute approximate surface area is 177 Å². The first-order valence-electron chi connectivity index (χ1n) is 9.79. The van der Waals surface area contributed by atoms with Crippen molar-refractivity contribution in [1.82, 2.24) is 15.0 Å². The molecule has 3 aromatic rings. The highest BCUT2D eigenvalue weighted by atomic mass is 16.5. The van der Waals surface area contributed by atoms with Gasteiger partial charge in [-0.25, -0.2) is 0 Å². The zero-order chi connectivity index (χ0) is 21.7. The van der Waals surface area contributed by atoms with Gasteiger partial charge in [0.05, 0.1) is 33.4 Å². The molecule has 0 bridgehead atoms. The van der Waals surface area contributed by atoms with Crippen LogP contribution in [0.15, 0.2) is 48.7 Å². The van der Waals surface area contributed by atoms with Gasteiger partial charge in [-0.05, 0) is 34.2 Å². The van der Waals surface area contributed by atoms with E-state index in [4.69, 9.17) is 9.47 Å². The molecule has 1 heterocycles. The average Bonchev–Trinajstić information content (AvgIpc) is 3.14. The molecule has 2 aromatic carbocycles. The second-order valence-corrected chi connectivity index (χ2v) is 8.12. The zero-order valence-electron chi connectivity index (χ0n) is 18.1. The molecule has 0 spiro atoms. The molecule has 0 atom stereocenters. The number of benzene rings is 2. The lowest BCUT2D eigenvalue weighted by Gasteiger charge is -2.19. The number of carbonyl (C=O) groups excluding carboxylic acids is 1. The van der Waals surface area contributed by atoms with Gasteiger partial charge in [0.1, 0.15) is 0 Å². The quantitative estimate of drug-likeness (QED) is 0.643. The maximum absolute atomic E-state index is 12.4. The summed E-state index contributed by atoms with van der Waals surface area (Å²) in [6, 6.07) is 13.8. The summed E-state index contributed by atoms with van der Waals surface area (Å²) in [4.78, 5) is 13.9. The molecule has 0 aliphatic carbocycles. The van der Waals surface area contributed by atoms with Crippen molar-refractivity contribution >= 4 is 11.7 Å². The summed E-state index contributed by atoms with van der Waals surface area (Å²) >= 11 is 0. The van der Waals surface area contributed by atoms with Crippen LogP contribution in [0.2, 0.25) is 0 Å². The predicted molar refractivity (Wildman–Crippen MR) is 116 cm³/mol. The minimum atomic E-state index is -0.128. The van der Waals surface area contributed by atoms with Crippen LogP contribution in [0.25, 0.3) is 0 Å². The number of ether oxygens (including phenoxy) is 2. The molecule has 7 heteroatoms. The van der Waals surface area contributed by atoms with Crippen LogP contribution in [-0.2, 0) is 23.2 Å². The molecule has 30 heavy (non-hydrogen) atoms. The van der Waals surface area contributed by atoms with E-state index < -0.39 is 0 Å². The lowest BCUT2D eigenvalue weighted by atomic mass is 9.86. The van der Waals surface area contributed by atoms with Crippen molar-refractivity contribution in [3.05, 3.63) is 65.4 Å². The summed E-state index contributed by atoms with van der Waals surface area (Å²) in [6.07, 6.45) is 1.83. The third kappa shape index (κ3) is 5.37. The summed E-state index contributed by atoms with van der Waals surface area (Å²) in [7, 11) is 3.19. The SMILES string of the molecule is COc1ccc(Cn2ncc(NC(=O)Cc3ccc(C(C)(C)C)cc3)n2)cc1OC. The molecule has 0 saturated carbocycles. The Morgan fingerprint density at radius 3 is 2.30 bits per heavy atom. The fourth-order valence-electron chi connectivity index (χ4n) is 3.07. The Bertz CT molecular complexity index is 1000. The Kier molecular flexibility index (Phi) is 6.40. The molecule has 0 aliphatic heterocycles. The number of aromatic nitrogens is 3. The van der Waals surface area contributed by atoms with Gasteiger partial charge < -0.3 is 14.8 Å². The van der Waals surface area contributed by atoms with Crippen molar-refractivity contribution < 1.29 is 14.3 Å². The van der Waals surface area contributed by atoms with Crippen molar-refractivity contribution in [3.8, 4) is 11.5 Å². The Hall–Kier alpha value is -3.35. The largest absolute Gasteiger partial charge is 0.493 e. The molecule has 1 amide bonds. The van der Waals surface area contributed by atoms with Crippen molar-refractivity contribution in [2.75, 3.05) is 19.5 Å². The number of hydrogen-bond acceptors (Lipinski definition) is 5. The highest BCUT2D eigenvalue weighted by Crippen LogP contribution is 2.27. The normalized spacial score (nSPS) is 11.2. The van der Waals surface area contributed by atoms with E-state index in [1.807, 2.05) is 30.3 Å². The molecule has 7 nitrogen and oxygen atoms in total. The van der Waals surface area contributed by atoms with Gasteiger partial charge in [0.2, 0.25) is 5.91 Å². The van der Waals surface area contributed by atoms with E-state index in [1.165, 1.54) is 10.4 Å². The monoisotopic (exact) mass is 408 g/mol. The predicted octanol–water partition coefficient (Wildman–Crippen LogP) is 3.82. The summed E-state index contributed by atoms with van der Waals surface area (Å²) in [6.45, 7) is 6.95. The summed E-state index contributed by atoms with van der Waals surface area (Å²) in [5.41, 5.74) is 3.25. The van der Waals surface area contributed by atoms with E-state index in [2.05, 4.69) is 48.4 Å². The van der Waals surface area contributed by atoms with Crippen LogP contribution in [0.1, 0.15) is 37.5 Å². The number of methoxy groups -OCH3 is 2. The van der Waals surface area contributed by atoms with E-state index in [-0.39, 0.29) is 17.7 Å². The van der Waals surface area contributed by atoms with Crippen molar-refractivity contribution in [1.29, 1.82) is 0 Å². The van der Waals surface area contributed by atoms with Gasteiger partial charge in [0.15, 0.2) is 17.3 Å². The van der Waals surface area contributed by atoms with Crippen molar-refractivity contribution in [3.63, 3.8) is 0 Å². The Balaban J connectivity index is 1.59. The highest BCUT2D eigenvalue weighted by molar-refractivity contribution is 5.91. The third-order valence-electron chi connectivity index (χ3n) is 4.76. The minimum Gasteiger partial charge on any atom is -0.493 e. The topological polar surface area (TPSA) is 78.3 Å². The molecule has 0 saturated heterocycles. The number of hydrogen-bond donors (Lipinski definition) is 1. The number of carbonyl (C=O) groups is 1. The van der Waals surface area contributed by atoms with E-state index in [0.717, 1.165) is 11.1 Å². The third-order valence-corrected chi connectivity index (χ3v) is 4.76. The Morgan fingerprint density at radius 1 is 1.00 bits per heavy atom. The standard InChI is InChI=1S/C23H28N4O3/c1-23(2,3)18-9-6-16(7-10-18)13-22(28)25-21-14-24-27(26-21)15-17-8-11-19(29-4)20(12-17)30-5/h6-12,14H,13,15H2,1-5H3,(H,25,26,28). The molecule has 3 rings (SSSR count). The second kappa shape index (κ2) is 8.98. The van der Waals surface area contributed by atoms with Crippen molar-refractivity contribution in [2.24, 2.45) is 0 Å². The summed E-state index contributed by atoms with van der Waals surface area (Å²) in [5, 5.41) is 11.4. The van der Waals surface area contributed by atoms with Gasteiger partial charge in [0, 0.05) is 0 Å². The first-order valence-corrected chi connectivity index (χ1v) is 9.79. The van der Waals surface area contributed by atoms with Gasteiger partial charge in [-0.3, -0.25) is 4.79 Å². The second-order valence-electron chi connectivity index (χ2n) is 8.12. The zero-order valence-corrected chi connectivity index (χ0v) is 18.1. The first kappa shape index (κ1) is 21.4. The fourth-order valence-corrected chi connectivity index (χ4v) is 3.07. The van der Waals surface area contributed by atoms with Gasteiger partial charge in [-0.1, -0.05) is 51.1 Å². The number of amides is 1. The minimum absolute atomic E-state index is 0.0905. The lowest BCUT2D eigenvalue weighted by Crippen LogP contribution is -2.16. The molecule has 0 unspecified atom stereocenters. The van der Waals surface area contributed by atoms with Crippen LogP contribution in [0.5, 0.6) is 11.5 Å². The molecule has 1 aromatic heterocycles. The molecular formula is C23H28N4O3. The number of anilines is 1. The fraction of sp³-hybridized carbons (Fsp3) is 0.348. The summed E-state index contributed by atoms with van der Waals surface area (Å²) in [5.74, 6) is 1.61. The average molecular weight is 409 g/mol. The van der Waals surface area contributed by atoms with Crippen LogP contribution in [0.4, 0.5) is 5.82 Å². The molecule has 0 fully saturated rings. The molecule has 0 aliphatic rings. The highest BCUT2D eigenvalue weighted by Gasteiger charge is 2.14. The van der Waals surface area contributed by atoms with Crippen LogP contribution < -0.4 is 14.8 Å². The van der Waals surface area contributed by atoms with Crippen LogP contribution in [0.3, 0.4) is 0 Å². The van der Waals surface area contributed by atoms with Gasteiger partial charge in [-0.2, -0.15) is 9.90 Å². The van der Waals surface area contributed by atoms with Gasteiger partial charge in [-0.15, -0.1) is 5.10 Å². The molecular weight excluding hydrogens is 380 g/mol. The first-order chi connectivity index (χ1) is 14.3. The summed E-state index contributed by atoms with van der Waals surface area (Å²) < 4.78 is 10.6. The van der Waals surface area contributed by atoms with Crippen LogP contribution in [0, 0.1) is 0 Å². The molecule has 158 valence electrons. The van der Waals surface area contributed by atoms with Gasteiger partial charge in [0.25, 0.3) is 0 Å². The van der Waals surface area contributed by atoms with Gasteiger partial charge >= 0.3 is 0 Å². The molecule has 1 N–H and O–H groups in total. The van der Waals surface area contributed by atoms with E-state index >= 15 is 0 Å². The molecule has 0 radical (unpaired) electrons. The lowest BCUT2D eigenvalue weighted by molar-refractivity contribution is -0.115. The number of rotatable bonds is 7. The van der Waals surface area contributed by atoms with Crippen LogP contribution in [-0.4, -0.2) is 35.1 Å². The maximum Gasteiger partial charge on any atom is 0.230 e. The van der Waals surface area contributed by atoms with E-state index in [0.29, 0.717) is 23.9 Å². The van der Waals surface area contributed by atoms with Crippen LogP contribution >= 0.6 is 0 Å². The Morgan fingerprint density at radius 2 is 1.67 bits per heavy atom. The van der Waals surface area contributed by atoms with E-state index in [9.17, 15) is 4.79 Å². The smallest absolute Gasteiger partial charge is 0.230 e. The van der Waals surface area contributed by atoms with E-state index in [1.54, 1.807) is 20.4 Å². The van der Waals surface area contributed by atoms with Crippen molar-refractivity contribution in [2.45, 2.75) is 39.2 Å².